The van der Waals surface area contributed by atoms with Gasteiger partial charge in [0.1, 0.15) is 0 Å². The Balaban J connectivity index is 0.000000807. The van der Waals surface area contributed by atoms with Crippen LogP contribution in [0.3, 0.4) is 0 Å². The van der Waals surface area contributed by atoms with Gasteiger partial charge in [-0.25, -0.2) is 0 Å². The molecule has 0 aromatic carbocycles. The molecule has 7 unspecified atom stereocenters. The summed E-state index contributed by atoms with van der Waals surface area (Å²) in [5.74, 6) is 2.27. The molecule has 4 nitrogen and oxygen atoms in total. The van der Waals surface area contributed by atoms with E-state index in [1.54, 1.807) is 0 Å². The second-order valence-corrected chi connectivity index (χ2v) is 10.8. The highest BCUT2D eigenvalue weighted by Crippen LogP contribution is 2.67. The molecule has 0 aromatic rings. The van der Waals surface area contributed by atoms with E-state index in [-0.39, 0.29) is 29.5 Å². The van der Waals surface area contributed by atoms with Crippen molar-refractivity contribution in [2.24, 2.45) is 40.4 Å². The van der Waals surface area contributed by atoms with Crippen LogP contribution in [0.15, 0.2) is 0 Å². The van der Waals surface area contributed by atoms with Gasteiger partial charge in [-0.15, -0.1) is 0 Å². The summed E-state index contributed by atoms with van der Waals surface area (Å²) in [6, 6.07) is 0. The van der Waals surface area contributed by atoms with Crippen molar-refractivity contribution in [2.75, 3.05) is 0 Å². The second-order valence-electron chi connectivity index (χ2n) is 10.8. The number of aliphatic hydroxyl groups excluding tert-OH is 2. The standard InChI is InChI=1S/C23H38O4.2C2H6/c1-22-11-10-16(24)12-15(22)6-8-17-18-9-7-14(4-3-5-21(26)27)23(18,2)20(25)13-19(17)22;2*1-2/h14-20,24-25H,3-13H2,1-2H3,(H,26,27);2*1-2H3/t14?,15?,16-,17?,18?,19?,20+,22?,23?;;/m1../s1. The molecule has 4 heteroatoms. The lowest BCUT2D eigenvalue weighted by atomic mass is 9.44. The number of fused-ring (bicyclic) bond motifs is 5. The van der Waals surface area contributed by atoms with Gasteiger partial charge < -0.3 is 15.3 Å². The molecule has 0 heterocycles. The second kappa shape index (κ2) is 11.0. The third kappa shape index (κ3) is 4.86. The number of hydrogen-bond acceptors (Lipinski definition) is 3. The normalized spacial score (nSPS) is 45.6. The maximum absolute atomic E-state index is 11.3. The highest BCUT2D eigenvalue weighted by molar-refractivity contribution is 5.66. The topological polar surface area (TPSA) is 77.8 Å². The predicted octanol–water partition coefficient (Wildman–Crippen LogP) is 6.28. The van der Waals surface area contributed by atoms with E-state index >= 15 is 0 Å². The van der Waals surface area contributed by atoms with Crippen molar-refractivity contribution in [1.82, 2.24) is 0 Å². The summed E-state index contributed by atoms with van der Waals surface area (Å²) in [4.78, 5) is 10.9. The Labute approximate surface area is 191 Å². The Bertz CT molecular complexity index is 578. The molecule has 4 aliphatic carbocycles. The average molecular weight is 439 g/mol. The van der Waals surface area contributed by atoms with Gasteiger partial charge in [0, 0.05) is 6.42 Å². The summed E-state index contributed by atoms with van der Waals surface area (Å²) in [7, 11) is 0. The molecular formula is C27H50O4. The van der Waals surface area contributed by atoms with E-state index in [4.69, 9.17) is 5.11 Å². The molecule has 4 saturated carbocycles. The van der Waals surface area contributed by atoms with Crippen LogP contribution in [0.1, 0.15) is 112 Å². The van der Waals surface area contributed by atoms with Gasteiger partial charge in [0.25, 0.3) is 0 Å². The van der Waals surface area contributed by atoms with Crippen LogP contribution in [0.5, 0.6) is 0 Å². The lowest BCUT2D eigenvalue weighted by Crippen LogP contribution is -2.58. The molecule has 0 spiro atoms. The maximum atomic E-state index is 11.3. The van der Waals surface area contributed by atoms with Crippen molar-refractivity contribution in [2.45, 2.75) is 124 Å². The van der Waals surface area contributed by atoms with Crippen molar-refractivity contribution < 1.29 is 20.1 Å². The zero-order valence-electron chi connectivity index (χ0n) is 21.1. The van der Waals surface area contributed by atoms with Crippen molar-refractivity contribution in [3.8, 4) is 0 Å². The molecule has 0 saturated heterocycles. The highest BCUT2D eigenvalue weighted by atomic mass is 16.4. The minimum absolute atomic E-state index is 0.0307. The Morgan fingerprint density at radius 2 is 1.58 bits per heavy atom. The molecule has 4 aliphatic rings. The summed E-state index contributed by atoms with van der Waals surface area (Å²) >= 11 is 0. The SMILES string of the molecule is CC.CC.CC12CC[C@@H](O)CC1CCC1C2C[C@H](O)C2(C)C(CCCC(=O)O)CCC12. The number of carboxylic acids is 1. The van der Waals surface area contributed by atoms with Crippen molar-refractivity contribution >= 4 is 5.97 Å². The number of rotatable bonds is 4. The van der Waals surface area contributed by atoms with Crippen LogP contribution in [-0.4, -0.2) is 33.5 Å². The highest BCUT2D eigenvalue weighted by Gasteiger charge is 2.62. The van der Waals surface area contributed by atoms with Gasteiger partial charge in [-0.1, -0.05) is 41.5 Å². The Kier molecular flexibility index (Phi) is 9.46. The van der Waals surface area contributed by atoms with Crippen LogP contribution in [0.25, 0.3) is 0 Å². The number of aliphatic carboxylic acids is 1. The minimum atomic E-state index is -0.704. The van der Waals surface area contributed by atoms with Crippen LogP contribution in [0.2, 0.25) is 0 Å². The predicted molar refractivity (Wildman–Crippen MR) is 127 cm³/mol. The van der Waals surface area contributed by atoms with Gasteiger partial charge >= 0.3 is 5.97 Å². The van der Waals surface area contributed by atoms with Crippen molar-refractivity contribution in [1.29, 1.82) is 0 Å². The summed E-state index contributed by atoms with van der Waals surface area (Å²) in [6.07, 6.45) is 10.3. The fourth-order valence-corrected chi connectivity index (χ4v) is 8.29. The van der Waals surface area contributed by atoms with Crippen LogP contribution >= 0.6 is 0 Å². The number of carboxylic acid groups (broad SMARTS) is 1. The first-order valence-corrected chi connectivity index (χ1v) is 13.3. The van der Waals surface area contributed by atoms with Crippen LogP contribution in [-0.2, 0) is 4.79 Å². The molecule has 182 valence electrons. The summed E-state index contributed by atoms with van der Waals surface area (Å²) in [5, 5.41) is 30.5. The quantitative estimate of drug-likeness (QED) is 0.482. The molecule has 0 bridgehead atoms. The first-order valence-electron chi connectivity index (χ1n) is 13.3. The Morgan fingerprint density at radius 3 is 2.23 bits per heavy atom. The first-order chi connectivity index (χ1) is 14.8. The number of hydrogen-bond donors (Lipinski definition) is 3. The van der Waals surface area contributed by atoms with Crippen molar-refractivity contribution in [3.63, 3.8) is 0 Å². The molecule has 0 amide bonds. The molecule has 0 radical (unpaired) electrons. The van der Waals surface area contributed by atoms with Gasteiger partial charge in [-0.05, 0) is 105 Å². The smallest absolute Gasteiger partial charge is 0.303 e. The maximum Gasteiger partial charge on any atom is 0.303 e. The van der Waals surface area contributed by atoms with Crippen LogP contribution < -0.4 is 0 Å². The third-order valence-corrected chi connectivity index (χ3v) is 9.88. The zero-order valence-corrected chi connectivity index (χ0v) is 21.1. The van der Waals surface area contributed by atoms with Gasteiger partial charge in [-0.2, -0.15) is 0 Å². The summed E-state index contributed by atoms with van der Waals surface area (Å²) in [6.45, 7) is 12.8. The molecule has 4 fully saturated rings. The molecule has 4 rings (SSSR count). The van der Waals surface area contributed by atoms with Gasteiger partial charge in [-0.3, -0.25) is 4.79 Å². The molecule has 0 aliphatic heterocycles. The molecule has 9 atom stereocenters. The fraction of sp³-hybridized carbons (Fsp3) is 0.963. The average Bonchev–Trinajstić information content (AvgIpc) is 3.10. The van der Waals surface area contributed by atoms with E-state index in [9.17, 15) is 15.0 Å². The van der Waals surface area contributed by atoms with E-state index in [0.29, 0.717) is 29.6 Å². The van der Waals surface area contributed by atoms with E-state index in [2.05, 4.69) is 13.8 Å². The minimum Gasteiger partial charge on any atom is -0.481 e. The lowest BCUT2D eigenvalue weighted by Gasteiger charge is -2.62. The largest absolute Gasteiger partial charge is 0.481 e. The van der Waals surface area contributed by atoms with Gasteiger partial charge in [0.15, 0.2) is 0 Å². The summed E-state index contributed by atoms with van der Waals surface area (Å²) < 4.78 is 0. The van der Waals surface area contributed by atoms with Crippen molar-refractivity contribution in [3.05, 3.63) is 0 Å². The first kappa shape index (κ1) is 26.6. The number of carbonyl (C=O) groups is 1. The Hall–Kier alpha value is -0.610. The molecule has 3 N–H and O–H groups in total. The number of aliphatic hydroxyl groups is 2. The molecule has 0 aromatic heterocycles. The summed E-state index contributed by atoms with van der Waals surface area (Å²) in [5.41, 5.74) is 0.253. The zero-order chi connectivity index (χ0) is 23.4. The monoisotopic (exact) mass is 438 g/mol. The third-order valence-electron chi connectivity index (χ3n) is 9.88. The van der Waals surface area contributed by atoms with E-state index < -0.39 is 5.97 Å². The van der Waals surface area contributed by atoms with Gasteiger partial charge in [0.05, 0.1) is 12.2 Å². The van der Waals surface area contributed by atoms with Gasteiger partial charge in [0.2, 0.25) is 0 Å². The van der Waals surface area contributed by atoms with E-state index in [1.165, 1.54) is 19.3 Å². The van der Waals surface area contributed by atoms with Crippen LogP contribution in [0.4, 0.5) is 0 Å². The molecule has 31 heavy (non-hydrogen) atoms. The molecular weight excluding hydrogens is 388 g/mol. The van der Waals surface area contributed by atoms with E-state index in [1.807, 2.05) is 27.7 Å². The van der Waals surface area contributed by atoms with E-state index in [0.717, 1.165) is 44.9 Å². The lowest BCUT2D eigenvalue weighted by molar-refractivity contribution is -0.171. The fourth-order valence-electron chi connectivity index (χ4n) is 8.29. The Morgan fingerprint density at radius 1 is 0.903 bits per heavy atom. The van der Waals surface area contributed by atoms with Crippen LogP contribution in [0, 0.1) is 40.4 Å².